The lowest BCUT2D eigenvalue weighted by atomic mass is 10.0. The first-order chi connectivity index (χ1) is 18.7. The highest BCUT2D eigenvalue weighted by Crippen LogP contribution is 2.36. The van der Waals surface area contributed by atoms with E-state index in [1.165, 1.54) is 16.4 Å². The Bertz CT molecular complexity index is 1460. The number of nitrogens with one attached hydrogen (secondary N) is 1. The smallest absolute Gasteiger partial charge is 0.341 e. The molecular formula is C28H30N2O7S2. The fourth-order valence-corrected chi connectivity index (χ4v) is 7.05. The maximum Gasteiger partial charge on any atom is 0.341 e. The van der Waals surface area contributed by atoms with E-state index >= 15 is 0 Å². The molecule has 0 saturated carbocycles. The topological polar surface area (TPSA) is 119 Å². The average molecular weight is 571 g/mol. The summed E-state index contributed by atoms with van der Waals surface area (Å²) >= 11 is 1.16. The number of esters is 2. The van der Waals surface area contributed by atoms with E-state index in [1.807, 2.05) is 30.3 Å². The number of carbonyl (C=O) groups excluding carboxylic acids is 3. The molecule has 4 rings (SSSR count). The molecular weight excluding hydrogens is 540 g/mol. The second kappa shape index (κ2) is 12.5. The van der Waals surface area contributed by atoms with Crippen molar-refractivity contribution in [3.8, 4) is 11.1 Å². The van der Waals surface area contributed by atoms with Crippen molar-refractivity contribution in [1.82, 2.24) is 4.31 Å². The molecule has 1 N–H and O–H groups in total. The Kier molecular flexibility index (Phi) is 9.16. The summed E-state index contributed by atoms with van der Waals surface area (Å²) < 4.78 is 38.1. The third-order valence-electron chi connectivity index (χ3n) is 6.30. The summed E-state index contributed by atoms with van der Waals surface area (Å²) in [5, 5.41) is 4.66. The molecule has 2 heterocycles. The molecule has 0 aliphatic carbocycles. The van der Waals surface area contributed by atoms with Crippen LogP contribution in [0.1, 0.15) is 52.5 Å². The number of aryl methyl sites for hydroxylation is 1. The molecule has 1 fully saturated rings. The highest BCUT2D eigenvalue weighted by molar-refractivity contribution is 7.89. The van der Waals surface area contributed by atoms with Crippen LogP contribution in [0.2, 0.25) is 0 Å². The number of nitrogens with zero attached hydrogens (tertiary/aromatic N) is 1. The fraction of sp³-hybridized carbons (Fsp3) is 0.321. The second-order valence-electron chi connectivity index (χ2n) is 9.01. The van der Waals surface area contributed by atoms with Crippen LogP contribution in [0.25, 0.3) is 11.1 Å². The molecule has 11 heteroatoms. The van der Waals surface area contributed by atoms with E-state index < -0.39 is 34.5 Å². The van der Waals surface area contributed by atoms with Crippen LogP contribution in [0.4, 0.5) is 5.00 Å². The van der Waals surface area contributed by atoms with Crippen LogP contribution in [0, 0.1) is 6.92 Å². The lowest BCUT2D eigenvalue weighted by Crippen LogP contribution is -2.36. The largest absolute Gasteiger partial charge is 0.462 e. The van der Waals surface area contributed by atoms with Gasteiger partial charge in [-0.25, -0.2) is 18.0 Å². The minimum absolute atomic E-state index is 0.0266. The highest BCUT2D eigenvalue weighted by atomic mass is 32.2. The van der Waals surface area contributed by atoms with Gasteiger partial charge in [0.1, 0.15) is 10.6 Å². The van der Waals surface area contributed by atoms with Crippen LogP contribution in [0.3, 0.4) is 0 Å². The lowest BCUT2D eigenvalue weighted by Gasteiger charge is -2.26. The first kappa shape index (κ1) is 28.5. The average Bonchev–Trinajstić information content (AvgIpc) is 3.36. The molecule has 1 aliphatic rings. The number of hydrogen-bond acceptors (Lipinski definition) is 8. The van der Waals surface area contributed by atoms with Gasteiger partial charge >= 0.3 is 11.9 Å². The Morgan fingerprint density at radius 3 is 2.38 bits per heavy atom. The number of rotatable bonds is 9. The van der Waals surface area contributed by atoms with Crippen molar-refractivity contribution in [3.63, 3.8) is 0 Å². The summed E-state index contributed by atoms with van der Waals surface area (Å²) in [6, 6.07) is 13.5. The molecule has 39 heavy (non-hydrogen) atoms. The van der Waals surface area contributed by atoms with Crippen LogP contribution in [-0.4, -0.2) is 56.9 Å². The van der Waals surface area contributed by atoms with Gasteiger partial charge in [-0.3, -0.25) is 4.79 Å². The molecule has 2 aromatic carbocycles. The molecule has 0 bridgehead atoms. The molecule has 9 nitrogen and oxygen atoms in total. The van der Waals surface area contributed by atoms with E-state index in [9.17, 15) is 22.8 Å². The van der Waals surface area contributed by atoms with Gasteiger partial charge < -0.3 is 14.8 Å². The normalized spacial score (nSPS) is 14.0. The van der Waals surface area contributed by atoms with Gasteiger partial charge in [0.05, 0.1) is 17.1 Å². The van der Waals surface area contributed by atoms with Crippen molar-refractivity contribution in [3.05, 3.63) is 70.6 Å². The maximum absolute atomic E-state index is 13.2. The van der Waals surface area contributed by atoms with Gasteiger partial charge in [-0.05, 0) is 49.9 Å². The summed E-state index contributed by atoms with van der Waals surface area (Å²) in [5.74, 6) is -2.06. The van der Waals surface area contributed by atoms with Crippen molar-refractivity contribution >= 4 is 44.2 Å². The van der Waals surface area contributed by atoms with Crippen LogP contribution in [0.15, 0.2) is 58.8 Å². The number of hydrogen-bond donors (Lipinski definition) is 1. The fourth-order valence-electron chi connectivity index (χ4n) is 4.31. The van der Waals surface area contributed by atoms with E-state index in [4.69, 9.17) is 9.47 Å². The number of thiophene rings is 1. The van der Waals surface area contributed by atoms with E-state index in [-0.39, 0.29) is 27.6 Å². The number of piperidine rings is 1. The van der Waals surface area contributed by atoms with Crippen LogP contribution < -0.4 is 5.32 Å². The molecule has 1 aliphatic heterocycles. The molecule has 0 atom stereocenters. The molecule has 0 unspecified atom stereocenters. The molecule has 3 aromatic rings. The van der Waals surface area contributed by atoms with E-state index in [0.29, 0.717) is 24.2 Å². The Morgan fingerprint density at radius 1 is 0.974 bits per heavy atom. The zero-order chi connectivity index (χ0) is 28.0. The first-order valence-electron chi connectivity index (χ1n) is 12.6. The monoisotopic (exact) mass is 570 g/mol. The molecule has 206 valence electrons. The van der Waals surface area contributed by atoms with E-state index in [0.717, 1.165) is 36.2 Å². The van der Waals surface area contributed by atoms with Crippen LogP contribution >= 0.6 is 11.3 Å². The number of sulfonamides is 1. The van der Waals surface area contributed by atoms with Gasteiger partial charge in [-0.2, -0.15) is 4.31 Å². The summed E-state index contributed by atoms with van der Waals surface area (Å²) in [7, 11) is -3.76. The van der Waals surface area contributed by atoms with Crippen LogP contribution in [-0.2, 0) is 24.3 Å². The van der Waals surface area contributed by atoms with Gasteiger partial charge in [0.25, 0.3) is 5.91 Å². The molecule has 0 radical (unpaired) electrons. The third-order valence-corrected chi connectivity index (χ3v) is 9.24. The first-order valence-corrected chi connectivity index (χ1v) is 15.0. The number of carbonyl (C=O) groups is 3. The SMILES string of the molecule is CCOC(=O)c1c(-c2ccccc2)csc1NC(=O)COC(=O)c1ccc(C)c(S(=O)(=O)N2CCCCC2)c1. The highest BCUT2D eigenvalue weighted by Gasteiger charge is 2.28. The van der Waals surface area contributed by atoms with Crippen molar-refractivity contribution in [2.24, 2.45) is 0 Å². The number of anilines is 1. The zero-order valence-corrected chi connectivity index (χ0v) is 23.4. The molecule has 1 saturated heterocycles. The van der Waals surface area contributed by atoms with Crippen molar-refractivity contribution in [1.29, 1.82) is 0 Å². The third kappa shape index (κ3) is 6.55. The Morgan fingerprint density at radius 2 is 1.69 bits per heavy atom. The lowest BCUT2D eigenvalue weighted by molar-refractivity contribution is -0.119. The minimum Gasteiger partial charge on any atom is -0.462 e. The maximum atomic E-state index is 13.2. The van der Waals surface area contributed by atoms with Crippen molar-refractivity contribution in [2.45, 2.75) is 38.0 Å². The van der Waals surface area contributed by atoms with Gasteiger partial charge in [0.2, 0.25) is 10.0 Å². The molecule has 1 amide bonds. The quantitative estimate of drug-likeness (QED) is 0.365. The summed E-state index contributed by atoms with van der Waals surface area (Å²) in [4.78, 5) is 38.2. The van der Waals surface area contributed by atoms with Gasteiger partial charge in [-0.15, -0.1) is 11.3 Å². The number of benzene rings is 2. The molecule has 0 spiro atoms. The summed E-state index contributed by atoms with van der Waals surface area (Å²) in [6.07, 6.45) is 2.58. The van der Waals surface area contributed by atoms with E-state index in [1.54, 1.807) is 25.3 Å². The van der Waals surface area contributed by atoms with Crippen molar-refractivity contribution < 1.29 is 32.3 Å². The summed E-state index contributed by atoms with van der Waals surface area (Å²) in [5.41, 5.74) is 2.18. The Hall–Kier alpha value is -3.54. The summed E-state index contributed by atoms with van der Waals surface area (Å²) in [6.45, 7) is 3.80. The van der Waals surface area contributed by atoms with E-state index in [2.05, 4.69) is 5.32 Å². The standard InChI is InChI=1S/C28H30N2O7S2/c1-3-36-28(33)25-22(20-10-6-4-7-11-20)18-38-26(25)29-24(31)17-37-27(32)21-13-12-19(2)23(16-21)39(34,35)30-14-8-5-9-15-30/h4,6-7,10-13,16,18H,3,5,8-9,14-15,17H2,1-2H3,(H,29,31). The van der Waals surface area contributed by atoms with Crippen LogP contribution in [0.5, 0.6) is 0 Å². The van der Waals surface area contributed by atoms with Gasteiger partial charge in [-0.1, -0.05) is 42.8 Å². The van der Waals surface area contributed by atoms with Crippen molar-refractivity contribution in [2.75, 3.05) is 31.6 Å². The predicted octanol–water partition coefficient (Wildman–Crippen LogP) is 4.87. The Labute approximate surface area is 231 Å². The molecule has 1 aromatic heterocycles. The predicted molar refractivity (Wildman–Crippen MR) is 148 cm³/mol. The zero-order valence-electron chi connectivity index (χ0n) is 21.8. The Balaban J connectivity index is 1.46. The second-order valence-corrected chi connectivity index (χ2v) is 11.8. The minimum atomic E-state index is -3.76. The van der Waals surface area contributed by atoms with Gasteiger partial charge in [0, 0.05) is 24.0 Å². The van der Waals surface area contributed by atoms with Gasteiger partial charge in [0.15, 0.2) is 6.61 Å². The number of ether oxygens (including phenoxy) is 2. The number of amides is 1.